The number of nitrogens with one attached hydrogen (secondary N) is 1. The lowest BCUT2D eigenvalue weighted by atomic mass is 9.94. The minimum Gasteiger partial charge on any atom is -0.481 e. The number of hydrogen-bond acceptors (Lipinski definition) is 2. The van der Waals surface area contributed by atoms with Gasteiger partial charge in [0.05, 0.1) is 12.1 Å². The van der Waals surface area contributed by atoms with Gasteiger partial charge in [-0.1, -0.05) is 42.5 Å². The molecule has 0 fully saturated rings. The first-order valence-electron chi connectivity index (χ1n) is 10.1. The van der Waals surface area contributed by atoms with Gasteiger partial charge in [-0.15, -0.1) is 0 Å². The maximum Gasteiger partial charge on any atom is 0.307 e. The van der Waals surface area contributed by atoms with E-state index in [1.54, 1.807) is 0 Å². The third-order valence-electron chi connectivity index (χ3n) is 5.62. The minimum atomic E-state index is -0.811. The largest absolute Gasteiger partial charge is 0.481 e. The van der Waals surface area contributed by atoms with Crippen LogP contribution in [-0.4, -0.2) is 22.6 Å². The number of carbonyl (C=O) groups is 1. The van der Waals surface area contributed by atoms with Crippen molar-refractivity contribution in [3.05, 3.63) is 71.3 Å². The average Bonchev–Trinajstić information content (AvgIpc) is 3.06. The van der Waals surface area contributed by atoms with Crippen molar-refractivity contribution < 1.29 is 9.90 Å². The molecule has 0 aliphatic carbocycles. The molecule has 3 aromatic carbocycles. The molecule has 0 radical (unpaired) electrons. The molecule has 0 unspecified atom stereocenters. The maximum atomic E-state index is 11.2. The van der Waals surface area contributed by atoms with Crippen molar-refractivity contribution >= 4 is 27.6 Å². The SMILES string of the molecule is Cc1ccc(-c2[nH]c3ccc(CC(=O)O)cc3c2CCCCN)c2ccccc12. The van der Waals surface area contributed by atoms with Crippen LogP contribution in [0.3, 0.4) is 0 Å². The van der Waals surface area contributed by atoms with Crippen LogP contribution in [0.15, 0.2) is 54.6 Å². The maximum absolute atomic E-state index is 11.2. The highest BCUT2D eigenvalue weighted by molar-refractivity contribution is 6.02. The summed E-state index contributed by atoms with van der Waals surface area (Å²) >= 11 is 0. The Balaban J connectivity index is 1.93. The van der Waals surface area contributed by atoms with Crippen molar-refractivity contribution in [2.75, 3.05) is 6.54 Å². The number of nitrogens with two attached hydrogens (primary N) is 1. The Kier molecular flexibility index (Phi) is 5.36. The second-order valence-electron chi connectivity index (χ2n) is 7.65. The summed E-state index contributed by atoms with van der Waals surface area (Å²) in [5.41, 5.74) is 12.4. The summed E-state index contributed by atoms with van der Waals surface area (Å²) in [6.07, 6.45) is 2.91. The van der Waals surface area contributed by atoms with E-state index in [1.165, 1.54) is 27.5 Å². The van der Waals surface area contributed by atoms with Gasteiger partial charge in [-0.05, 0) is 72.3 Å². The van der Waals surface area contributed by atoms with E-state index in [1.807, 2.05) is 18.2 Å². The Labute approximate surface area is 170 Å². The number of unbranched alkanes of at least 4 members (excludes halogenated alkanes) is 1. The van der Waals surface area contributed by atoms with Gasteiger partial charge in [-0.25, -0.2) is 0 Å². The molecule has 148 valence electrons. The number of carboxylic acid groups (broad SMARTS) is 1. The third-order valence-corrected chi connectivity index (χ3v) is 5.62. The Hall–Kier alpha value is -3.11. The van der Waals surface area contributed by atoms with E-state index in [-0.39, 0.29) is 6.42 Å². The molecule has 1 heterocycles. The van der Waals surface area contributed by atoms with Gasteiger partial charge in [0, 0.05) is 16.5 Å². The van der Waals surface area contributed by atoms with Crippen molar-refractivity contribution in [2.45, 2.75) is 32.6 Å². The zero-order valence-corrected chi connectivity index (χ0v) is 16.7. The summed E-state index contributed by atoms with van der Waals surface area (Å²) in [6, 6.07) is 18.8. The Bertz CT molecular complexity index is 1190. The highest BCUT2D eigenvalue weighted by Crippen LogP contribution is 2.37. The van der Waals surface area contributed by atoms with E-state index in [0.29, 0.717) is 6.54 Å². The van der Waals surface area contributed by atoms with Gasteiger partial charge in [0.2, 0.25) is 0 Å². The number of rotatable bonds is 7. The van der Waals surface area contributed by atoms with Crippen molar-refractivity contribution in [2.24, 2.45) is 5.73 Å². The summed E-state index contributed by atoms with van der Waals surface area (Å²) in [7, 11) is 0. The first-order chi connectivity index (χ1) is 14.1. The number of fused-ring (bicyclic) bond motifs is 2. The van der Waals surface area contributed by atoms with Crippen molar-refractivity contribution in [3.63, 3.8) is 0 Å². The first kappa shape index (κ1) is 19.2. The number of H-pyrrole nitrogens is 1. The fraction of sp³-hybridized carbons (Fsp3) is 0.240. The molecular formula is C25H26N2O2. The third kappa shape index (κ3) is 3.76. The van der Waals surface area contributed by atoms with Crippen LogP contribution in [0, 0.1) is 6.92 Å². The number of aryl methyl sites for hydroxylation is 2. The lowest BCUT2D eigenvalue weighted by molar-refractivity contribution is -0.136. The van der Waals surface area contributed by atoms with Crippen molar-refractivity contribution in [1.82, 2.24) is 4.98 Å². The zero-order valence-electron chi connectivity index (χ0n) is 16.7. The fourth-order valence-corrected chi connectivity index (χ4v) is 4.18. The fourth-order valence-electron chi connectivity index (χ4n) is 4.18. The molecule has 0 aliphatic rings. The van der Waals surface area contributed by atoms with Crippen LogP contribution in [0.4, 0.5) is 0 Å². The average molecular weight is 386 g/mol. The van der Waals surface area contributed by atoms with E-state index in [9.17, 15) is 9.90 Å². The van der Waals surface area contributed by atoms with Crippen LogP contribution in [0.25, 0.3) is 32.9 Å². The van der Waals surface area contributed by atoms with Gasteiger partial charge >= 0.3 is 5.97 Å². The normalized spacial score (nSPS) is 11.4. The topological polar surface area (TPSA) is 79.1 Å². The zero-order chi connectivity index (χ0) is 20.4. The first-order valence-corrected chi connectivity index (χ1v) is 10.1. The number of aromatic nitrogens is 1. The van der Waals surface area contributed by atoms with E-state index < -0.39 is 5.97 Å². The lowest BCUT2D eigenvalue weighted by Gasteiger charge is -2.11. The molecule has 1 aromatic heterocycles. The quantitative estimate of drug-likeness (QED) is 0.382. The molecule has 4 heteroatoms. The highest BCUT2D eigenvalue weighted by Gasteiger charge is 2.16. The van der Waals surface area contributed by atoms with E-state index >= 15 is 0 Å². The van der Waals surface area contributed by atoms with E-state index in [0.717, 1.165) is 41.4 Å². The number of hydrogen-bond donors (Lipinski definition) is 3. The minimum absolute atomic E-state index is 0.0339. The predicted molar refractivity (Wildman–Crippen MR) is 119 cm³/mol. The van der Waals surface area contributed by atoms with E-state index in [2.05, 4.69) is 48.3 Å². The number of carboxylic acids is 1. The molecule has 0 atom stereocenters. The number of benzene rings is 3. The van der Waals surface area contributed by atoms with Gasteiger partial charge < -0.3 is 15.8 Å². The molecule has 0 saturated carbocycles. The number of aromatic amines is 1. The van der Waals surface area contributed by atoms with Gasteiger partial charge in [0.15, 0.2) is 0 Å². The molecule has 4 nitrogen and oxygen atoms in total. The van der Waals surface area contributed by atoms with Gasteiger partial charge in [-0.3, -0.25) is 4.79 Å². The van der Waals surface area contributed by atoms with Gasteiger partial charge in [0.1, 0.15) is 0 Å². The second kappa shape index (κ2) is 8.10. The Morgan fingerprint density at radius 3 is 2.55 bits per heavy atom. The van der Waals surface area contributed by atoms with Crippen LogP contribution in [0.2, 0.25) is 0 Å². The summed E-state index contributed by atoms with van der Waals surface area (Å²) in [5.74, 6) is -0.811. The van der Waals surface area contributed by atoms with Crippen LogP contribution in [0.1, 0.15) is 29.5 Å². The molecular weight excluding hydrogens is 360 g/mol. The molecule has 0 spiro atoms. The lowest BCUT2D eigenvalue weighted by Crippen LogP contribution is -2.00. The summed E-state index contributed by atoms with van der Waals surface area (Å²) in [5, 5.41) is 12.8. The smallest absolute Gasteiger partial charge is 0.307 e. The second-order valence-corrected chi connectivity index (χ2v) is 7.65. The van der Waals surface area contributed by atoms with Crippen LogP contribution < -0.4 is 5.73 Å². The predicted octanol–water partition coefficient (Wildman–Crippen LogP) is 5.21. The monoisotopic (exact) mass is 386 g/mol. The van der Waals surface area contributed by atoms with Crippen molar-refractivity contribution in [3.8, 4) is 11.3 Å². The molecule has 4 N–H and O–H groups in total. The molecule has 29 heavy (non-hydrogen) atoms. The Morgan fingerprint density at radius 2 is 1.79 bits per heavy atom. The standard InChI is InChI=1S/C25H26N2O2/c1-16-9-11-21(19-7-3-2-6-18(16)19)25-20(8-4-5-13-26)22-14-17(15-24(28)29)10-12-23(22)27-25/h2-3,6-7,9-12,14,27H,4-5,8,13,15,26H2,1H3,(H,28,29). The van der Waals surface area contributed by atoms with Crippen LogP contribution in [0.5, 0.6) is 0 Å². The van der Waals surface area contributed by atoms with Crippen LogP contribution >= 0.6 is 0 Å². The highest BCUT2D eigenvalue weighted by atomic mass is 16.4. The number of aliphatic carboxylic acids is 1. The van der Waals surface area contributed by atoms with Gasteiger partial charge in [-0.2, -0.15) is 0 Å². The summed E-state index contributed by atoms with van der Waals surface area (Å²) in [6.45, 7) is 2.81. The molecule has 4 rings (SSSR count). The molecule has 0 amide bonds. The molecule has 0 saturated heterocycles. The molecule has 4 aromatic rings. The van der Waals surface area contributed by atoms with Gasteiger partial charge in [0.25, 0.3) is 0 Å². The summed E-state index contributed by atoms with van der Waals surface area (Å²) < 4.78 is 0. The summed E-state index contributed by atoms with van der Waals surface area (Å²) in [4.78, 5) is 14.8. The molecule has 0 bridgehead atoms. The Morgan fingerprint density at radius 1 is 1.00 bits per heavy atom. The molecule has 0 aliphatic heterocycles. The van der Waals surface area contributed by atoms with Crippen molar-refractivity contribution in [1.29, 1.82) is 0 Å². The van der Waals surface area contributed by atoms with Crippen LogP contribution in [-0.2, 0) is 17.6 Å². The van der Waals surface area contributed by atoms with E-state index in [4.69, 9.17) is 5.73 Å².